The van der Waals surface area contributed by atoms with Crippen LogP contribution in [0.15, 0.2) is 12.1 Å². The minimum Gasteiger partial charge on any atom is -0.495 e. The molecule has 9 heteroatoms. The lowest BCUT2D eigenvalue weighted by molar-refractivity contribution is -0.136. The number of carbonyl (C=O) groups is 3. The molecule has 2 fully saturated rings. The van der Waals surface area contributed by atoms with E-state index in [-0.39, 0.29) is 30.6 Å². The molecule has 0 spiro atoms. The van der Waals surface area contributed by atoms with Crippen molar-refractivity contribution in [3.05, 3.63) is 23.3 Å². The average molecular weight is 395 g/mol. The van der Waals surface area contributed by atoms with Crippen LogP contribution >= 0.6 is 12.4 Å². The van der Waals surface area contributed by atoms with Crippen LogP contribution in [-0.4, -0.2) is 62.0 Å². The van der Waals surface area contributed by atoms with Crippen LogP contribution in [0.4, 0.5) is 5.69 Å². The van der Waals surface area contributed by atoms with Gasteiger partial charge < -0.3 is 19.9 Å². The number of hydrogen-bond acceptors (Lipinski definition) is 6. The molecule has 0 saturated carbocycles. The minimum absolute atomic E-state index is 0. The predicted molar refractivity (Wildman–Crippen MR) is 101 cm³/mol. The molecule has 0 radical (unpaired) electrons. The van der Waals surface area contributed by atoms with E-state index in [1.165, 1.54) is 0 Å². The Morgan fingerprint density at radius 3 is 2.56 bits per heavy atom. The second-order valence-corrected chi connectivity index (χ2v) is 6.82. The highest BCUT2D eigenvalue weighted by molar-refractivity contribution is 6.05. The Hall–Kier alpha value is -2.32. The molecule has 1 aromatic rings. The molecule has 3 aliphatic rings. The Labute approximate surface area is 163 Å². The number of nitrogens with one attached hydrogen (secondary N) is 2. The van der Waals surface area contributed by atoms with E-state index in [2.05, 4.69) is 15.5 Å². The summed E-state index contributed by atoms with van der Waals surface area (Å²) in [4.78, 5) is 40.2. The van der Waals surface area contributed by atoms with Gasteiger partial charge in [-0.05, 0) is 24.1 Å². The molecule has 146 valence electrons. The van der Waals surface area contributed by atoms with E-state index < -0.39 is 11.9 Å². The molecule has 0 bridgehead atoms. The quantitative estimate of drug-likeness (QED) is 0.716. The Bertz CT molecular complexity index is 779. The van der Waals surface area contributed by atoms with E-state index in [0.717, 1.165) is 37.4 Å². The average Bonchev–Trinajstić information content (AvgIpc) is 2.97. The molecular weight excluding hydrogens is 372 g/mol. The smallest absolute Gasteiger partial charge is 0.255 e. The van der Waals surface area contributed by atoms with Gasteiger partial charge in [0.25, 0.3) is 5.91 Å². The van der Waals surface area contributed by atoms with Crippen LogP contribution in [0.1, 0.15) is 28.8 Å². The zero-order valence-electron chi connectivity index (χ0n) is 15.1. The van der Waals surface area contributed by atoms with Crippen LogP contribution in [-0.2, 0) is 16.1 Å². The van der Waals surface area contributed by atoms with Gasteiger partial charge in [0.05, 0.1) is 12.8 Å². The molecule has 0 aromatic heterocycles. The topological polar surface area (TPSA) is 91.0 Å². The van der Waals surface area contributed by atoms with E-state index in [4.69, 9.17) is 4.74 Å². The maximum Gasteiger partial charge on any atom is 0.255 e. The molecular formula is C18H23ClN4O4. The zero-order chi connectivity index (χ0) is 18.3. The first-order valence-corrected chi connectivity index (χ1v) is 8.89. The van der Waals surface area contributed by atoms with Gasteiger partial charge >= 0.3 is 0 Å². The SMILES string of the molecule is COc1cc2c(cc1N1CCNCC1)CN(C1CCC(=O)NC1=O)C2=O.Cl. The Kier molecular flexibility index (Phi) is 5.57. The van der Waals surface area contributed by atoms with E-state index >= 15 is 0 Å². The first kappa shape index (κ1) is 19.4. The third kappa shape index (κ3) is 3.46. The summed E-state index contributed by atoms with van der Waals surface area (Å²) in [5.74, 6) is -0.182. The third-order valence-corrected chi connectivity index (χ3v) is 5.28. The number of ether oxygens (including phenoxy) is 1. The summed E-state index contributed by atoms with van der Waals surface area (Å²) in [5, 5.41) is 5.65. The van der Waals surface area contributed by atoms with Crippen molar-refractivity contribution in [2.45, 2.75) is 25.4 Å². The lowest BCUT2D eigenvalue weighted by Gasteiger charge is -2.31. The summed E-state index contributed by atoms with van der Waals surface area (Å²) < 4.78 is 5.53. The second kappa shape index (κ2) is 7.74. The first-order chi connectivity index (χ1) is 12.6. The molecule has 2 N–H and O–H groups in total. The number of hydrogen-bond donors (Lipinski definition) is 2. The maximum atomic E-state index is 12.9. The number of imide groups is 1. The number of nitrogens with zero attached hydrogens (tertiary/aromatic N) is 2. The van der Waals surface area contributed by atoms with Crippen molar-refractivity contribution in [3.8, 4) is 5.75 Å². The molecule has 8 nitrogen and oxygen atoms in total. The standard InChI is InChI=1S/C18H22N4O4.ClH/c1-26-15-9-12-11(8-14(15)21-6-4-19-5-7-21)10-22(18(12)25)13-2-3-16(23)20-17(13)24;/h8-9,13,19H,2-7,10H2,1H3,(H,20,23,24);1H. The van der Waals surface area contributed by atoms with Gasteiger partial charge in [0, 0.05) is 44.7 Å². The van der Waals surface area contributed by atoms with E-state index in [1.807, 2.05) is 6.07 Å². The van der Waals surface area contributed by atoms with Gasteiger partial charge in [-0.15, -0.1) is 12.4 Å². The zero-order valence-corrected chi connectivity index (χ0v) is 15.9. The Balaban J connectivity index is 0.00000210. The summed E-state index contributed by atoms with van der Waals surface area (Å²) in [6, 6.07) is 3.19. The number of methoxy groups -OCH3 is 1. The highest BCUT2D eigenvalue weighted by atomic mass is 35.5. The van der Waals surface area contributed by atoms with Crippen LogP contribution in [0, 0.1) is 0 Å². The fourth-order valence-electron chi connectivity index (χ4n) is 3.90. The van der Waals surface area contributed by atoms with Gasteiger partial charge in [0.15, 0.2) is 0 Å². The fourth-order valence-corrected chi connectivity index (χ4v) is 3.90. The summed E-state index contributed by atoms with van der Waals surface area (Å²) in [7, 11) is 1.60. The lowest BCUT2D eigenvalue weighted by atomic mass is 10.0. The van der Waals surface area contributed by atoms with Gasteiger partial charge in [-0.3, -0.25) is 19.7 Å². The number of fused-ring (bicyclic) bond motifs is 1. The molecule has 0 aliphatic carbocycles. The number of piperidine rings is 1. The summed E-state index contributed by atoms with van der Waals surface area (Å²) in [6.07, 6.45) is 0.623. The maximum absolute atomic E-state index is 12.9. The number of amides is 3. The van der Waals surface area contributed by atoms with Crippen molar-refractivity contribution in [3.63, 3.8) is 0 Å². The van der Waals surface area contributed by atoms with Crippen LogP contribution in [0.2, 0.25) is 0 Å². The van der Waals surface area contributed by atoms with E-state index in [1.54, 1.807) is 18.1 Å². The van der Waals surface area contributed by atoms with Crippen molar-refractivity contribution in [2.75, 3.05) is 38.2 Å². The van der Waals surface area contributed by atoms with Crippen LogP contribution < -0.4 is 20.3 Å². The molecule has 3 heterocycles. The summed E-state index contributed by atoms with van der Waals surface area (Å²) in [5.41, 5.74) is 2.45. The number of carbonyl (C=O) groups excluding carboxylic acids is 3. The van der Waals surface area contributed by atoms with Crippen molar-refractivity contribution >= 4 is 35.8 Å². The lowest BCUT2D eigenvalue weighted by Crippen LogP contribution is -2.52. The van der Waals surface area contributed by atoms with E-state index in [9.17, 15) is 14.4 Å². The Morgan fingerprint density at radius 1 is 1.15 bits per heavy atom. The number of anilines is 1. The molecule has 3 aliphatic heterocycles. The first-order valence-electron chi connectivity index (χ1n) is 8.89. The van der Waals surface area contributed by atoms with Crippen molar-refractivity contribution in [1.29, 1.82) is 0 Å². The van der Waals surface area contributed by atoms with Crippen molar-refractivity contribution in [1.82, 2.24) is 15.5 Å². The molecule has 1 atom stereocenters. The van der Waals surface area contributed by atoms with Gasteiger partial charge in [0.2, 0.25) is 11.8 Å². The molecule has 3 amide bonds. The van der Waals surface area contributed by atoms with E-state index in [0.29, 0.717) is 24.3 Å². The number of halogens is 1. The minimum atomic E-state index is -0.596. The predicted octanol–water partition coefficient (Wildman–Crippen LogP) is 0.288. The Morgan fingerprint density at radius 2 is 1.89 bits per heavy atom. The highest BCUT2D eigenvalue weighted by Crippen LogP contribution is 2.37. The van der Waals surface area contributed by atoms with Gasteiger partial charge in [-0.25, -0.2) is 0 Å². The molecule has 1 unspecified atom stereocenters. The third-order valence-electron chi connectivity index (χ3n) is 5.28. The van der Waals surface area contributed by atoms with Crippen LogP contribution in [0.25, 0.3) is 0 Å². The fraction of sp³-hybridized carbons (Fsp3) is 0.500. The second-order valence-electron chi connectivity index (χ2n) is 6.82. The normalized spacial score (nSPS) is 22.3. The van der Waals surface area contributed by atoms with Gasteiger partial charge in [0.1, 0.15) is 11.8 Å². The monoisotopic (exact) mass is 394 g/mol. The number of rotatable bonds is 3. The van der Waals surface area contributed by atoms with Crippen molar-refractivity contribution < 1.29 is 19.1 Å². The van der Waals surface area contributed by atoms with Gasteiger partial charge in [-0.1, -0.05) is 0 Å². The van der Waals surface area contributed by atoms with Crippen molar-refractivity contribution in [2.24, 2.45) is 0 Å². The molecule has 1 aromatic carbocycles. The summed E-state index contributed by atoms with van der Waals surface area (Å²) in [6.45, 7) is 3.94. The number of benzene rings is 1. The number of piperazine rings is 1. The molecule has 4 rings (SSSR count). The highest BCUT2D eigenvalue weighted by Gasteiger charge is 2.39. The largest absolute Gasteiger partial charge is 0.495 e. The molecule has 2 saturated heterocycles. The summed E-state index contributed by atoms with van der Waals surface area (Å²) >= 11 is 0. The molecule has 27 heavy (non-hydrogen) atoms. The van der Waals surface area contributed by atoms with Crippen LogP contribution in [0.5, 0.6) is 5.75 Å². The van der Waals surface area contributed by atoms with Gasteiger partial charge in [-0.2, -0.15) is 0 Å². The van der Waals surface area contributed by atoms with Crippen LogP contribution in [0.3, 0.4) is 0 Å².